The molecule has 4 nitrogen and oxygen atoms in total. The number of rotatable bonds is 5. The van der Waals surface area contributed by atoms with Crippen LogP contribution < -0.4 is 10.2 Å². The van der Waals surface area contributed by atoms with Crippen LogP contribution in [0.2, 0.25) is 5.02 Å². The third kappa shape index (κ3) is 4.23. The standard InChI is InChI=1S/C24H21ClN2O2S/c1-2-16-7-13-19(14-8-16)27-22(28)15-30-24(27)17-9-11-18(12-10-17)26-23(29)20-5-3-4-6-21(20)25/h3-14,24H,2,15H2,1H3,(H,26,29)/t24-/m1/s1. The average molecular weight is 437 g/mol. The predicted octanol–water partition coefficient (Wildman–Crippen LogP) is 5.93. The lowest BCUT2D eigenvalue weighted by Gasteiger charge is -2.24. The molecule has 30 heavy (non-hydrogen) atoms. The molecule has 1 saturated heterocycles. The van der Waals surface area contributed by atoms with Gasteiger partial charge in [-0.1, -0.05) is 54.9 Å². The van der Waals surface area contributed by atoms with E-state index >= 15 is 0 Å². The molecule has 0 radical (unpaired) electrons. The van der Waals surface area contributed by atoms with Gasteiger partial charge >= 0.3 is 0 Å². The number of hydrogen-bond donors (Lipinski definition) is 1. The Balaban J connectivity index is 1.52. The quantitative estimate of drug-likeness (QED) is 0.539. The van der Waals surface area contributed by atoms with Crippen LogP contribution in [-0.4, -0.2) is 17.6 Å². The third-order valence-corrected chi connectivity index (χ3v) is 6.60. The molecule has 1 aliphatic heterocycles. The normalized spacial score (nSPS) is 16.0. The molecule has 0 spiro atoms. The first kappa shape index (κ1) is 20.5. The van der Waals surface area contributed by atoms with E-state index in [9.17, 15) is 9.59 Å². The van der Waals surface area contributed by atoms with Crippen molar-refractivity contribution < 1.29 is 9.59 Å². The Labute approximate surface area is 185 Å². The zero-order valence-corrected chi connectivity index (χ0v) is 18.0. The van der Waals surface area contributed by atoms with Gasteiger partial charge in [0.1, 0.15) is 5.37 Å². The smallest absolute Gasteiger partial charge is 0.257 e. The summed E-state index contributed by atoms with van der Waals surface area (Å²) in [6.45, 7) is 2.11. The highest BCUT2D eigenvalue weighted by molar-refractivity contribution is 8.00. The first-order chi connectivity index (χ1) is 14.6. The van der Waals surface area contributed by atoms with Gasteiger partial charge in [0.05, 0.1) is 16.3 Å². The van der Waals surface area contributed by atoms with Crippen LogP contribution in [0.4, 0.5) is 11.4 Å². The summed E-state index contributed by atoms with van der Waals surface area (Å²) < 4.78 is 0. The molecule has 0 aromatic heterocycles. The van der Waals surface area contributed by atoms with Gasteiger partial charge in [-0.25, -0.2) is 0 Å². The number of thioether (sulfide) groups is 1. The molecular weight excluding hydrogens is 416 g/mol. The monoisotopic (exact) mass is 436 g/mol. The molecule has 4 rings (SSSR count). The average Bonchev–Trinajstić information content (AvgIpc) is 3.16. The largest absolute Gasteiger partial charge is 0.322 e. The minimum atomic E-state index is -0.253. The Kier molecular flexibility index (Phi) is 6.11. The molecule has 3 aromatic rings. The first-order valence-electron chi connectivity index (χ1n) is 9.75. The number of nitrogens with zero attached hydrogens (tertiary/aromatic N) is 1. The summed E-state index contributed by atoms with van der Waals surface area (Å²) in [7, 11) is 0. The Morgan fingerprint density at radius 2 is 1.77 bits per heavy atom. The van der Waals surface area contributed by atoms with Gasteiger partial charge < -0.3 is 5.32 Å². The summed E-state index contributed by atoms with van der Waals surface area (Å²) in [4.78, 5) is 26.9. The lowest BCUT2D eigenvalue weighted by molar-refractivity contribution is -0.115. The van der Waals surface area contributed by atoms with Crippen molar-refractivity contribution >= 4 is 46.6 Å². The Hall–Kier alpha value is -2.76. The van der Waals surface area contributed by atoms with E-state index in [4.69, 9.17) is 11.6 Å². The summed E-state index contributed by atoms with van der Waals surface area (Å²) in [5.74, 6) is 0.298. The van der Waals surface area contributed by atoms with E-state index in [1.54, 1.807) is 36.0 Å². The molecule has 152 valence electrons. The van der Waals surface area contributed by atoms with Gasteiger partial charge in [0.25, 0.3) is 5.91 Å². The van der Waals surface area contributed by atoms with Crippen LogP contribution in [0.3, 0.4) is 0 Å². The van der Waals surface area contributed by atoms with Gasteiger partial charge in [-0.15, -0.1) is 11.8 Å². The van der Waals surface area contributed by atoms with Crippen LogP contribution in [-0.2, 0) is 11.2 Å². The van der Waals surface area contributed by atoms with E-state index in [1.807, 2.05) is 41.3 Å². The summed E-state index contributed by atoms with van der Waals surface area (Å²) in [6, 6.07) is 22.7. The number of amides is 2. The van der Waals surface area contributed by atoms with Crippen LogP contribution in [0.5, 0.6) is 0 Å². The summed E-state index contributed by atoms with van der Waals surface area (Å²) in [5, 5.41) is 3.20. The Morgan fingerprint density at radius 1 is 1.07 bits per heavy atom. The van der Waals surface area contributed by atoms with E-state index < -0.39 is 0 Å². The molecule has 0 saturated carbocycles. The van der Waals surface area contributed by atoms with Crippen LogP contribution >= 0.6 is 23.4 Å². The minimum Gasteiger partial charge on any atom is -0.322 e. The highest BCUT2D eigenvalue weighted by Gasteiger charge is 2.33. The molecule has 0 unspecified atom stereocenters. The molecule has 0 bridgehead atoms. The van der Waals surface area contributed by atoms with Crippen molar-refractivity contribution in [2.24, 2.45) is 0 Å². The number of benzene rings is 3. The molecule has 6 heteroatoms. The van der Waals surface area contributed by atoms with Gasteiger partial charge in [0, 0.05) is 11.4 Å². The van der Waals surface area contributed by atoms with Crippen molar-refractivity contribution in [3.05, 3.63) is 94.5 Å². The maximum Gasteiger partial charge on any atom is 0.257 e. The van der Waals surface area contributed by atoms with E-state index in [0.29, 0.717) is 22.0 Å². The van der Waals surface area contributed by atoms with Crippen LogP contribution in [0.15, 0.2) is 72.8 Å². The van der Waals surface area contributed by atoms with Gasteiger partial charge in [-0.3, -0.25) is 14.5 Å². The van der Waals surface area contributed by atoms with Gasteiger partial charge in [0.2, 0.25) is 5.91 Å². The summed E-state index contributed by atoms with van der Waals surface area (Å²) >= 11 is 7.71. The topological polar surface area (TPSA) is 49.4 Å². The number of anilines is 2. The van der Waals surface area contributed by atoms with E-state index in [0.717, 1.165) is 17.7 Å². The highest BCUT2D eigenvalue weighted by Crippen LogP contribution is 2.42. The molecular formula is C24H21ClN2O2S. The number of hydrogen-bond acceptors (Lipinski definition) is 3. The fourth-order valence-corrected chi connectivity index (χ4v) is 4.82. The maximum atomic E-state index is 12.5. The molecule has 3 aromatic carbocycles. The van der Waals surface area contributed by atoms with Crippen molar-refractivity contribution in [2.45, 2.75) is 18.7 Å². The zero-order valence-electron chi connectivity index (χ0n) is 16.5. The Morgan fingerprint density at radius 3 is 2.43 bits per heavy atom. The second kappa shape index (κ2) is 8.94. The molecule has 2 amide bonds. The highest BCUT2D eigenvalue weighted by atomic mass is 35.5. The molecule has 0 aliphatic carbocycles. The lowest BCUT2D eigenvalue weighted by Crippen LogP contribution is -2.27. The van der Waals surface area contributed by atoms with Gasteiger partial charge in [-0.2, -0.15) is 0 Å². The van der Waals surface area contributed by atoms with Gasteiger partial charge in [0.15, 0.2) is 0 Å². The van der Waals surface area contributed by atoms with Crippen molar-refractivity contribution in [1.29, 1.82) is 0 Å². The minimum absolute atomic E-state index is 0.0849. The fourth-order valence-electron chi connectivity index (χ4n) is 3.42. The number of halogens is 1. The maximum absolute atomic E-state index is 12.5. The molecule has 1 aliphatic rings. The van der Waals surface area contributed by atoms with Crippen molar-refractivity contribution in [2.75, 3.05) is 16.0 Å². The number of nitrogens with one attached hydrogen (secondary N) is 1. The first-order valence-corrected chi connectivity index (χ1v) is 11.2. The predicted molar refractivity (Wildman–Crippen MR) is 124 cm³/mol. The van der Waals surface area contributed by atoms with E-state index in [2.05, 4.69) is 24.4 Å². The second-order valence-corrected chi connectivity index (χ2v) is 8.48. The second-order valence-electron chi connectivity index (χ2n) is 7.00. The lowest BCUT2D eigenvalue weighted by atomic mass is 10.1. The summed E-state index contributed by atoms with van der Waals surface area (Å²) in [6.07, 6.45) is 0.966. The van der Waals surface area contributed by atoms with Crippen LogP contribution in [0.25, 0.3) is 0 Å². The van der Waals surface area contributed by atoms with Crippen LogP contribution in [0, 0.1) is 0 Å². The summed E-state index contributed by atoms with van der Waals surface area (Å²) in [5.41, 5.74) is 4.27. The number of carbonyl (C=O) groups is 2. The third-order valence-electron chi connectivity index (χ3n) is 5.06. The fraction of sp³-hybridized carbons (Fsp3) is 0.167. The van der Waals surface area contributed by atoms with E-state index in [-0.39, 0.29) is 17.2 Å². The van der Waals surface area contributed by atoms with Crippen molar-refractivity contribution in [3.8, 4) is 0 Å². The number of aryl methyl sites for hydroxylation is 1. The SMILES string of the molecule is CCc1ccc(N2C(=O)CS[C@@H]2c2ccc(NC(=O)c3ccccc3Cl)cc2)cc1. The zero-order chi connectivity index (χ0) is 21.1. The Bertz CT molecular complexity index is 1070. The van der Waals surface area contributed by atoms with Crippen molar-refractivity contribution in [1.82, 2.24) is 0 Å². The number of carbonyl (C=O) groups excluding carboxylic acids is 2. The van der Waals surface area contributed by atoms with Crippen molar-refractivity contribution in [3.63, 3.8) is 0 Å². The molecule has 1 atom stereocenters. The molecule has 1 heterocycles. The molecule has 1 N–H and O–H groups in total. The van der Waals surface area contributed by atoms with Crippen LogP contribution in [0.1, 0.15) is 33.8 Å². The van der Waals surface area contributed by atoms with Gasteiger partial charge in [-0.05, 0) is 53.9 Å². The van der Waals surface area contributed by atoms with E-state index in [1.165, 1.54) is 5.56 Å². The molecule has 1 fully saturated rings.